The number of carbonyl (C=O) groups excluding carboxylic acids is 1. The van der Waals surface area contributed by atoms with Crippen LogP contribution < -0.4 is 0 Å². The van der Waals surface area contributed by atoms with Gasteiger partial charge in [-0.05, 0) is 29.2 Å². The maximum absolute atomic E-state index is 12.6. The topological polar surface area (TPSA) is 62.1 Å². The Balaban J connectivity index is 1.49. The van der Waals surface area contributed by atoms with E-state index in [-0.39, 0.29) is 18.1 Å². The van der Waals surface area contributed by atoms with Gasteiger partial charge in [0.25, 0.3) is 0 Å². The molecule has 1 heterocycles. The third-order valence-electron chi connectivity index (χ3n) is 5.42. The van der Waals surface area contributed by atoms with E-state index >= 15 is 0 Å². The summed E-state index contributed by atoms with van der Waals surface area (Å²) in [5, 5.41) is 12.2. The molecule has 5 heteroatoms. The van der Waals surface area contributed by atoms with Crippen LogP contribution >= 0.6 is 0 Å². The molecule has 26 heavy (non-hydrogen) atoms. The number of benzene rings is 2. The second kappa shape index (κ2) is 6.83. The molecule has 1 atom stereocenters. The third-order valence-corrected chi connectivity index (χ3v) is 5.42. The summed E-state index contributed by atoms with van der Waals surface area (Å²) in [6.07, 6.45) is 0.877. The second-order valence-electron chi connectivity index (χ2n) is 6.97. The fourth-order valence-corrected chi connectivity index (χ4v) is 4.06. The molecule has 1 N–H and O–H groups in total. The Bertz CT molecular complexity index is 816. The first kappa shape index (κ1) is 16.6. The lowest BCUT2D eigenvalue weighted by Crippen LogP contribution is -2.45. The fourth-order valence-electron chi connectivity index (χ4n) is 4.06. The number of carbonyl (C=O) groups is 1. The van der Waals surface area contributed by atoms with Gasteiger partial charge in [-0.15, -0.1) is 0 Å². The van der Waals surface area contributed by atoms with Gasteiger partial charge in [0, 0.05) is 31.3 Å². The van der Waals surface area contributed by atoms with Crippen molar-refractivity contribution >= 4 is 11.8 Å². The van der Waals surface area contributed by atoms with E-state index in [1.807, 2.05) is 31.2 Å². The molecule has 0 spiro atoms. The van der Waals surface area contributed by atoms with E-state index in [0.29, 0.717) is 26.0 Å². The minimum Gasteiger partial charge on any atom is -0.448 e. The highest BCUT2D eigenvalue weighted by Gasteiger charge is 2.32. The number of hydrogen-bond donors (Lipinski definition) is 1. The number of amides is 1. The van der Waals surface area contributed by atoms with E-state index in [1.165, 1.54) is 22.3 Å². The summed E-state index contributed by atoms with van der Waals surface area (Å²) in [6.45, 7) is 2.81. The van der Waals surface area contributed by atoms with Gasteiger partial charge in [-0.2, -0.15) is 0 Å². The Morgan fingerprint density at radius 1 is 1.15 bits per heavy atom. The summed E-state index contributed by atoms with van der Waals surface area (Å²) in [5.74, 6) is 0.0704. The second-order valence-corrected chi connectivity index (χ2v) is 6.97. The summed E-state index contributed by atoms with van der Waals surface area (Å²) in [4.78, 5) is 14.3. The lowest BCUT2D eigenvalue weighted by Gasteiger charge is -2.33. The molecular formula is C21H22N2O3. The summed E-state index contributed by atoms with van der Waals surface area (Å²) in [5.41, 5.74) is 5.60. The number of oxime groups is 1. The molecule has 4 rings (SSSR count). The Morgan fingerprint density at radius 2 is 1.77 bits per heavy atom. The van der Waals surface area contributed by atoms with E-state index in [0.717, 1.165) is 5.71 Å². The van der Waals surface area contributed by atoms with Crippen molar-refractivity contribution in [3.8, 4) is 11.1 Å². The first-order valence-corrected chi connectivity index (χ1v) is 9.00. The highest BCUT2D eigenvalue weighted by Crippen LogP contribution is 2.44. The van der Waals surface area contributed by atoms with E-state index in [1.54, 1.807) is 4.90 Å². The number of hydrogen-bond acceptors (Lipinski definition) is 4. The van der Waals surface area contributed by atoms with Crippen LogP contribution in [0.5, 0.6) is 0 Å². The van der Waals surface area contributed by atoms with Crippen molar-refractivity contribution in [1.82, 2.24) is 4.90 Å². The van der Waals surface area contributed by atoms with Crippen LogP contribution in [0.4, 0.5) is 4.79 Å². The largest absolute Gasteiger partial charge is 0.448 e. The minimum absolute atomic E-state index is 0.0229. The van der Waals surface area contributed by atoms with Crippen LogP contribution in [-0.2, 0) is 4.74 Å². The fraction of sp³-hybridized carbons (Fsp3) is 0.333. The zero-order chi connectivity index (χ0) is 18.1. The predicted molar refractivity (Wildman–Crippen MR) is 99.7 cm³/mol. The highest BCUT2D eigenvalue weighted by molar-refractivity contribution is 5.86. The normalized spacial score (nSPS) is 20.7. The van der Waals surface area contributed by atoms with Gasteiger partial charge in [0.15, 0.2) is 0 Å². The van der Waals surface area contributed by atoms with Gasteiger partial charge in [-0.3, -0.25) is 0 Å². The van der Waals surface area contributed by atoms with Crippen LogP contribution in [0.2, 0.25) is 0 Å². The van der Waals surface area contributed by atoms with Crippen molar-refractivity contribution in [2.75, 3.05) is 13.2 Å². The molecule has 1 saturated heterocycles. The van der Waals surface area contributed by atoms with E-state index in [9.17, 15) is 4.79 Å². The Kier molecular flexibility index (Phi) is 4.37. The zero-order valence-corrected chi connectivity index (χ0v) is 14.8. The Hall–Kier alpha value is -2.82. The number of rotatable bonds is 2. The SMILES string of the molecule is CC1C/C(=N\O)CCN1C(=O)OCC1c2ccccc2-c2ccccc21. The molecule has 1 aliphatic carbocycles. The van der Waals surface area contributed by atoms with Crippen LogP contribution in [0, 0.1) is 0 Å². The van der Waals surface area contributed by atoms with Crippen molar-refractivity contribution in [2.45, 2.75) is 31.7 Å². The van der Waals surface area contributed by atoms with Crippen LogP contribution in [0.15, 0.2) is 53.7 Å². The molecular weight excluding hydrogens is 328 g/mol. The number of ether oxygens (including phenoxy) is 1. The van der Waals surface area contributed by atoms with E-state index in [2.05, 4.69) is 29.4 Å². The molecule has 0 radical (unpaired) electrons. The monoisotopic (exact) mass is 350 g/mol. The zero-order valence-electron chi connectivity index (χ0n) is 14.8. The van der Waals surface area contributed by atoms with Gasteiger partial charge in [-0.1, -0.05) is 53.7 Å². The average molecular weight is 350 g/mol. The standard InChI is InChI=1S/C21H22N2O3/c1-14-12-15(22-25)10-11-23(14)21(24)26-13-20-18-8-4-2-6-16(18)17-7-3-5-9-19(17)20/h2-9,14,20,25H,10-13H2,1H3/b22-15-. The summed E-state index contributed by atoms with van der Waals surface area (Å²) >= 11 is 0. The molecule has 2 aromatic carbocycles. The molecule has 0 aromatic heterocycles. The lowest BCUT2D eigenvalue weighted by atomic mass is 9.98. The molecule has 1 aliphatic heterocycles. The summed E-state index contributed by atoms with van der Waals surface area (Å²) in [6, 6.07) is 16.6. The molecule has 0 bridgehead atoms. The van der Waals surface area contributed by atoms with Crippen LogP contribution in [-0.4, -0.2) is 41.1 Å². The molecule has 1 fully saturated rings. The Labute approximate surface area is 152 Å². The molecule has 1 unspecified atom stereocenters. The Morgan fingerprint density at radius 3 is 2.35 bits per heavy atom. The molecule has 2 aliphatic rings. The summed E-state index contributed by atoms with van der Waals surface area (Å²) in [7, 11) is 0. The summed E-state index contributed by atoms with van der Waals surface area (Å²) < 4.78 is 5.70. The molecule has 0 saturated carbocycles. The van der Waals surface area contributed by atoms with Crippen LogP contribution in [0.3, 0.4) is 0 Å². The number of nitrogens with zero attached hydrogens (tertiary/aromatic N) is 2. The predicted octanol–water partition coefficient (Wildman–Crippen LogP) is 4.25. The molecule has 134 valence electrons. The van der Waals surface area contributed by atoms with Crippen molar-refractivity contribution < 1.29 is 14.7 Å². The smallest absolute Gasteiger partial charge is 0.410 e. The van der Waals surface area contributed by atoms with Crippen molar-refractivity contribution in [3.63, 3.8) is 0 Å². The van der Waals surface area contributed by atoms with Crippen LogP contribution in [0.1, 0.15) is 36.8 Å². The maximum Gasteiger partial charge on any atom is 0.410 e. The van der Waals surface area contributed by atoms with E-state index in [4.69, 9.17) is 9.94 Å². The number of piperidine rings is 1. The molecule has 2 aromatic rings. The van der Waals surface area contributed by atoms with Gasteiger partial charge in [0.2, 0.25) is 0 Å². The molecule has 5 nitrogen and oxygen atoms in total. The van der Waals surface area contributed by atoms with E-state index < -0.39 is 0 Å². The quantitative estimate of drug-likeness (QED) is 0.650. The number of fused-ring (bicyclic) bond motifs is 3. The van der Waals surface area contributed by atoms with Gasteiger partial charge >= 0.3 is 6.09 Å². The average Bonchev–Trinajstić information content (AvgIpc) is 3.00. The highest BCUT2D eigenvalue weighted by atomic mass is 16.6. The van der Waals surface area contributed by atoms with Gasteiger partial charge < -0.3 is 14.8 Å². The van der Waals surface area contributed by atoms with Gasteiger partial charge in [-0.25, -0.2) is 4.79 Å². The van der Waals surface area contributed by atoms with Gasteiger partial charge in [0.1, 0.15) is 6.61 Å². The van der Waals surface area contributed by atoms with Gasteiger partial charge in [0.05, 0.1) is 5.71 Å². The molecule has 1 amide bonds. The number of likely N-dealkylation sites (tertiary alicyclic amines) is 1. The van der Waals surface area contributed by atoms with Crippen LogP contribution in [0.25, 0.3) is 11.1 Å². The minimum atomic E-state index is -0.295. The maximum atomic E-state index is 12.6. The van der Waals surface area contributed by atoms with Crippen molar-refractivity contribution in [2.24, 2.45) is 5.16 Å². The third kappa shape index (κ3) is 2.83. The lowest BCUT2D eigenvalue weighted by molar-refractivity contribution is 0.0851. The first-order valence-electron chi connectivity index (χ1n) is 9.00. The van der Waals surface area contributed by atoms with Crippen molar-refractivity contribution in [3.05, 3.63) is 59.7 Å². The van der Waals surface area contributed by atoms with Crippen molar-refractivity contribution in [1.29, 1.82) is 0 Å². The first-order chi connectivity index (χ1) is 12.7.